The number of amides is 1. The summed E-state index contributed by atoms with van der Waals surface area (Å²) in [5, 5.41) is 0. The van der Waals surface area contributed by atoms with Crippen molar-refractivity contribution in [2.75, 3.05) is 14.2 Å². The number of nitrogens with zero attached hydrogens (tertiary/aromatic N) is 1. The summed E-state index contributed by atoms with van der Waals surface area (Å²) in [6.07, 6.45) is 0. The molecule has 1 aromatic heterocycles. The number of halogens is 2. The van der Waals surface area contributed by atoms with Gasteiger partial charge in [0.15, 0.2) is 11.5 Å². The van der Waals surface area contributed by atoms with E-state index < -0.39 is 6.61 Å². The second-order valence-electron chi connectivity index (χ2n) is 4.92. The summed E-state index contributed by atoms with van der Waals surface area (Å²) in [7, 11) is 2.94. The zero-order valence-corrected chi connectivity index (χ0v) is 13.0. The summed E-state index contributed by atoms with van der Waals surface area (Å²) in [6, 6.07) is 7.66. The number of furan rings is 1. The van der Waals surface area contributed by atoms with Crippen LogP contribution in [0.4, 0.5) is 8.78 Å². The Hall–Kier alpha value is -2.57. The lowest BCUT2D eigenvalue weighted by Gasteiger charge is -2.17. The Bertz CT molecular complexity index is 684. The molecule has 0 unspecified atom stereocenters. The molecule has 5 nitrogen and oxygen atoms in total. The van der Waals surface area contributed by atoms with Crippen LogP contribution in [0.25, 0.3) is 0 Å². The number of ether oxygens (including phenoxy) is 2. The van der Waals surface area contributed by atoms with Gasteiger partial charge in [-0.3, -0.25) is 4.79 Å². The van der Waals surface area contributed by atoms with Gasteiger partial charge in [0.2, 0.25) is 0 Å². The molecule has 2 rings (SSSR count). The van der Waals surface area contributed by atoms with E-state index in [4.69, 9.17) is 9.15 Å². The fourth-order valence-electron chi connectivity index (χ4n) is 2.09. The number of hydrogen-bond acceptors (Lipinski definition) is 4. The van der Waals surface area contributed by atoms with E-state index in [0.29, 0.717) is 17.9 Å². The van der Waals surface area contributed by atoms with Gasteiger partial charge in [-0.2, -0.15) is 8.78 Å². The lowest BCUT2D eigenvalue weighted by Crippen LogP contribution is -2.26. The van der Waals surface area contributed by atoms with Crippen LogP contribution < -0.4 is 9.47 Å². The van der Waals surface area contributed by atoms with Crippen LogP contribution in [0.5, 0.6) is 11.5 Å². The number of carbonyl (C=O) groups excluding carboxylic acids is 1. The predicted molar refractivity (Wildman–Crippen MR) is 78.9 cm³/mol. The zero-order valence-electron chi connectivity index (χ0n) is 13.0. The van der Waals surface area contributed by atoms with Crippen molar-refractivity contribution in [3.63, 3.8) is 0 Å². The number of methoxy groups -OCH3 is 1. The third kappa shape index (κ3) is 4.21. The van der Waals surface area contributed by atoms with Gasteiger partial charge in [-0.1, -0.05) is 0 Å². The van der Waals surface area contributed by atoms with E-state index in [0.717, 1.165) is 5.76 Å². The van der Waals surface area contributed by atoms with Crippen molar-refractivity contribution < 1.29 is 27.5 Å². The largest absolute Gasteiger partial charge is 0.493 e. The first-order valence-corrected chi connectivity index (χ1v) is 6.84. The maximum atomic E-state index is 12.4. The molecule has 2 aromatic rings. The molecule has 0 saturated carbocycles. The monoisotopic (exact) mass is 325 g/mol. The summed E-state index contributed by atoms with van der Waals surface area (Å²) in [5.74, 6) is 1.07. The van der Waals surface area contributed by atoms with Gasteiger partial charge in [0.05, 0.1) is 13.7 Å². The Morgan fingerprint density at radius 2 is 2.00 bits per heavy atom. The smallest absolute Gasteiger partial charge is 0.387 e. The highest BCUT2D eigenvalue weighted by molar-refractivity contribution is 5.94. The maximum absolute atomic E-state index is 12.4. The SMILES string of the molecule is COc1cc(C(=O)N(C)Cc2ccc(C)o2)ccc1OC(F)F. The zero-order chi connectivity index (χ0) is 17.0. The predicted octanol–water partition coefficient (Wildman–Crippen LogP) is 3.47. The van der Waals surface area contributed by atoms with Gasteiger partial charge in [-0.25, -0.2) is 0 Å². The van der Waals surface area contributed by atoms with Gasteiger partial charge in [0.25, 0.3) is 5.91 Å². The number of rotatable bonds is 6. The molecular weight excluding hydrogens is 308 g/mol. The number of benzene rings is 1. The van der Waals surface area contributed by atoms with Crippen molar-refractivity contribution in [2.24, 2.45) is 0 Å². The summed E-state index contributed by atoms with van der Waals surface area (Å²) < 4.78 is 39.4. The van der Waals surface area contributed by atoms with E-state index >= 15 is 0 Å². The molecule has 0 aliphatic heterocycles. The van der Waals surface area contributed by atoms with E-state index in [1.54, 1.807) is 13.1 Å². The number of alkyl halides is 2. The molecule has 0 saturated heterocycles. The lowest BCUT2D eigenvalue weighted by molar-refractivity contribution is -0.0512. The van der Waals surface area contributed by atoms with Gasteiger partial charge in [-0.05, 0) is 37.3 Å². The molecule has 124 valence electrons. The van der Waals surface area contributed by atoms with Gasteiger partial charge in [0, 0.05) is 12.6 Å². The Labute approximate surface area is 132 Å². The minimum absolute atomic E-state index is 0.0680. The summed E-state index contributed by atoms with van der Waals surface area (Å²) in [5.41, 5.74) is 0.300. The molecule has 0 aliphatic rings. The normalized spacial score (nSPS) is 10.7. The second kappa shape index (κ2) is 7.13. The van der Waals surface area contributed by atoms with E-state index in [-0.39, 0.29) is 17.4 Å². The lowest BCUT2D eigenvalue weighted by atomic mass is 10.1. The number of hydrogen-bond donors (Lipinski definition) is 0. The Kier molecular flexibility index (Phi) is 5.20. The Morgan fingerprint density at radius 3 is 2.57 bits per heavy atom. The molecule has 1 aromatic carbocycles. The maximum Gasteiger partial charge on any atom is 0.387 e. The van der Waals surface area contributed by atoms with Crippen LogP contribution in [-0.2, 0) is 6.54 Å². The fraction of sp³-hybridized carbons (Fsp3) is 0.312. The molecule has 1 amide bonds. The van der Waals surface area contributed by atoms with Crippen LogP contribution in [0.2, 0.25) is 0 Å². The van der Waals surface area contributed by atoms with Crippen molar-refractivity contribution in [2.45, 2.75) is 20.1 Å². The first-order valence-electron chi connectivity index (χ1n) is 6.84. The summed E-state index contributed by atoms with van der Waals surface area (Å²) >= 11 is 0. The average molecular weight is 325 g/mol. The summed E-state index contributed by atoms with van der Waals surface area (Å²) in [4.78, 5) is 13.9. The molecule has 0 fully saturated rings. The van der Waals surface area contributed by atoms with Crippen LogP contribution >= 0.6 is 0 Å². The van der Waals surface area contributed by atoms with E-state index in [1.807, 2.05) is 13.0 Å². The Morgan fingerprint density at radius 1 is 1.26 bits per heavy atom. The van der Waals surface area contributed by atoms with E-state index in [9.17, 15) is 13.6 Å². The molecule has 7 heteroatoms. The van der Waals surface area contributed by atoms with Crippen LogP contribution in [0.3, 0.4) is 0 Å². The molecule has 0 N–H and O–H groups in total. The Balaban J connectivity index is 2.14. The minimum Gasteiger partial charge on any atom is -0.493 e. The molecule has 0 spiro atoms. The third-order valence-corrected chi connectivity index (χ3v) is 3.16. The van der Waals surface area contributed by atoms with Crippen LogP contribution in [-0.4, -0.2) is 31.6 Å². The highest BCUT2D eigenvalue weighted by atomic mass is 19.3. The van der Waals surface area contributed by atoms with Crippen molar-refractivity contribution in [1.29, 1.82) is 0 Å². The minimum atomic E-state index is -2.96. The molecule has 23 heavy (non-hydrogen) atoms. The quantitative estimate of drug-likeness (QED) is 0.816. The summed E-state index contributed by atoms with van der Waals surface area (Å²) in [6.45, 7) is -0.849. The topological polar surface area (TPSA) is 51.9 Å². The third-order valence-electron chi connectivity index (χ3n) is 3.16. The van der Waals surface area contributed by atoms with Crippen molar-refractivity contribution in [1.82, 2.24) is 4.90 Å². The van der Waals surface area contributed by atoms with Crippen molar-refractivity contribution >= 4 is 5.91 Å². The van der Waals surface area contributed by atoms with Gasteiger partial charge in [-0.15, -0.1) is 0 Å². The fourth-order valence-corrected chi connectivity index (χ4v) is 2.09. The average Bonchev–Trinajstić information content (AvgIpc) is 2.91. The van der Waals surface area contributed by atoms with Gasteiger partial charge in [0.1, 0.15) is 11.5 Å². The molecule has 0 radical (unpaired) electrons. The number of carbonyl (C=O) groups is 1. The second-order valence-corrected chi connectivity index (χ2v) is 4.92. The van der Waals surface area contributed by atoms with Crippen LogP contribution in [0, 0.1) is 6.92 Å². The first-order chi connectivity index (χ1) is 10.9. The van der Waals surface area contributed by atoms with Gasteiger partial charge >= 0.3 is 6.61 Å². The van der Waals surface area contributed by atoms with Crippen molar-refractivity contribution in [3.05, 3.63) is 47.4 Å². The number of aryl methyl sites for hydroxylation is 1. The first kappa shape index (κ1) is 16.8. The van der Waals surface area contributed by atoms with E-state index in [1.165, 1.54) is 30.2 Å². The standard InChI is InChI=1S/C16H17F2NO4/c1-10-4-6-12(22-10)9-19(2)15(20)11-5-7-13(23-16(17)18)14(8-11)21-3/h4-8,16H,9H2,1-3H3. The molecule has 0 bridgehead atoms. The van der Waals surface area contributed by atoms with Crippen LogP contribution in [0.15, 0.2) is 34.7 Å². The van der Waals surface area contributed by atoms with Crippen molar-refractivity contribution in [3.8, 4) is 11.5 Å². The van der Waals surface area contributed by atoms with Crippen LogP contribution in [0.1, 0.15) is 21.9 Å². The molecule has 0 atom stereocenters. The highest BCUT2D eigenvalue weighted by Crippen LogP contribution is 2.30. The molecule has 1 heterocycles. The molecule has 0 aliphatic carbocycles. The van der Waals surface area contributed by atoms with Gasteiger partial charge < -0.3 is 18.8 Å². The highest BCUT2D eigenvalue weighted by Gasteiger charge is 2.17. The molecular formula is C16H17F2NO4. The van der Waals surface area contributed by atoms with E-state index in [2.05, 4.69) is 4.74 Å².